The summed E-state index contributed by atoms with van der Waals surface area (Å²) in [5.41, 5.74) is 6.76. The van der Waals surface area contributed by atoms with E-state index in [-0.39, 0.29) is 0 Å². The first kappa shape index (κ1) is 20.4. The van der Waals surface area contributed by atoms with Crippen molar-refractivity contribution >= 4 is 45.9 Å². The van der Waals surface area contributed by atoms with Gasteiger partial charge in [-0.25, -0.2) is 4.98 Å². The summed E-state index contributed by atoms with van der Waals surface area (Å²) in [5.74, 6) is 0.727. The first-order valence-corrected chi connectivity index (χ1v) is 10.8. The van der Waals surface area contributed by atoms with E-state index in [9.17, 15) is 0 Å². The number of hydrazone groups is 1. The average molecular weight is 454 g/mol. The van der Waals surface area contributed by atoms with Crippen molar-refractivity contribution in [1.82, 2.24) is 4.98 Å². The van der Waals surface area contributed by atoms with E-state index in [2.05, 4.69) is 15.5 Å². The molecule has 4 rings (SSSR count). The number of anilines is 1. The summed E-state index contributed by atoms with van der Waals surface area (Å²) in [6, 6.07) is 23.1. The molecule has 1 aromatic heterocycles. The van der Waals surface area contributed by atoms with E-state index in [4.69, 9.17) is 27.9 Å². The van der Waals surface area contributed by atoms with E-state index in [1.807, 2.05) is 66.0 Å². The first-order chi connectivity index (χ1) is 14.7. The summed E-state index contributed by atoms with van der Waals surface area (Å²) in [5, 5.41) is 8.21. The molecule has 150 valence electrons. The minimum absolute atomic E-state index is 0.357. The highest BCUT2D eigenvalue weighted by Gasteiger charge is 2.04. The Morgan fingerprint density at radius 1 is 1.00 bits per heavy atom. The van der Waals surface area contributed by atoms with Gasteiger partial charge in [-0.3, -0.25) is 5.43 Å². The predicted octanol–water partition coefficient (Wildman–Crippen LogP) is 7.14. The van der Waals surface area contributed by atoms with Crippen molar-refractivity contribution in [3.8, 4) is 17.0 Å². The lowest BCUT2D eigenvalue weighted by molar-refractivity contribution is 0.306. The van der Waals surface area contributed by atoms with Crippen LogP contribution in [0.5, 0.6) is 5.75 Å². The summed E-state index contributed by atoms with van der Waals surface area (Å²) in [6.45, 7) is 0.357. The molecule has 0 fully saturated rings. The fourth-order valence-electron chi connectivity index (χ4n) is 2.71. The van der Waals surface area contributed by atoms with Gasteiger partial charge in [0.2, 0.25) is 5.13 Å². The molecule has 0 atom stereocenters. The number of hydrogen-bond acceptors (Lipinski definition) is 5. The number of benzene rings is 3. The standard InChI is InChI=1S/C23H17Cl2N3OS/c24-19-10-9-18(21(25)12-19)14-29-20-8-4-5-16(11-20)13-26-28-23-27-22(15-30-23)17-6-2-1-3-7-17/h1-13,15H,14H2,(H,27,28)/b26-13-. The van der Waals surface area contributed by atoms with Crippen LogP contribution in [0.2, 0.25) is 10.0 Å². The van der Waals surface area contributed by atoms with E-state index >= 15 is 0 Å². The molecular weight excluding hydrogens is 437 g/mol. The summed E-state index contributed by atoms with van der Waals surface area (Å²) >= 11 is 13.6. The molecule has 0 saturated heterocycles. The number of halogens is 2. The highest BCUT2D eigenvalue weighted by atomic mass is 35.5. The van der Waals surface area contributed by atoms with Crippen LogP contribution in [-0.4, -0.2) is 11.2 Å². The second-order valence-electron chi connectivity index (χ2n) is 6.37. The third-order valence-electron chi connectivity index (χ3n) is 4.22. The quantitative estimate of drug-likeness (QED) is 0.238. The number of nitrogens with zero attached hydrogens (tertiary/aromatic N) is 2. The maximum atomic E-state index is 6.20. The van der Waals surface area contributed by atoms with Crippen LogP contribution in [0.15, 0.2) is 83.3 Å². The Morgan fingerprint density at radius 2 is 1.87 bits per heavy atom. The van der Waals surface area contributed by atoms with Crippen molar-refractivity contribution in [1.29, 1.82) is 0 Å². The molecule has 1 heterocycles. The van der Waals surface area contributed by atoms with Crippen molar-refractivity contribution in [2.75, 3.05) is 5.43 Å². The molecule has 0 bridgehead atoms. The van der Waals surface area contributed by atoms with Gasteiger partial charge in [-0.15, -0.1) is 11.3 Å². The lowest BCUT2D eigenvalue weighted by Crippen LogP contribution is -1.97. The molecular formula is C23H17Cl2N3OS. The minimum atomic E-state index is 0.357. The Labute approximate surface area is 188 Å². The van der Waals surface area contributed by atoms with Crippen LogP contribution < -0.4 is 10.2 Å². The normalized spacial score (nSPS) is 11.0. The average Bonchev–Trinajstić information content (AvgIpc) is 3.23. The molecule has 0 aliphatic rings. The Morgan fingerprint density at radius 3 is 2.70 bits per heavy atom. The van der Waals surface area contributed by atoms with Gasteiger partial charge in [0.05, 0.1) is 11.9 Å². The smallest absolute Gasteiger partial charge is 0.203 e. The van der Waals surface area contributed by atoms with Gasteiger partial charge in [0, 0.05) is 26.6 Å². The summed E-state index contributed by atoms with van der Waals surface area (Å²) < 4.78 is 5.85. The zero-order valence-corrected chi connectivity index (χ0v) is 18.1. The molecule has 7 heteroatoms. The Bertz CT molecular complexity index is 1160. The van der Waals surface area contributed by atoms with E-state index in [0.29, 0.717) is 16.7 Å². The fourth-order valence-corrected chi connectivity index (χ4v) is 3.84. The number of aromatic nitrogens is 1. The number of rotatable bonds is 7. The monoisotopic (exact) mass is 453 g/mol. The van der Waals surface area contributed by atoms with Crippen LogP contribution >= 0.6 is 34.5 Å². The Balaban J connectivity index is 1.36. The van der Waals surface area contributed by atoms with E-state index in [1.165, 1.54) is 11.3 Å². The molecule has 0 unspecified atom stereocenters. The minimum Gasteiger partial charge on any atom is -0.489 e. The second-order valence-corrected chi connectivity index (χ2v) is 8.07. The molecule has 0 aliphatic carbocycles. The lowest BCUT2D eigenvalue weighted by Gasteiger charge is -2.08. The van der Waals surface area contributed by atoms with Gasteiger partial charge in [0.25, 0.3) is 0 Å². The van der Waals surface area contributed by atoms with Crippen LogP contribution in [0.1, 0.15) is 11.1 Å². The third kappa shape index (κ3) is 5.39. The van der Waals surface area contributed by atoms with Gasteiger partial charge in [-0.2, -0.15) is 5.10 Å². The molecule has 4 aromatic rings. The zero-order valence-electron chi connectivity index (χ0n) is 15.8. The lowest BCUT2D eigenvalue weighted by atomic mass is 10.2. The molecule has 0 amide bonds. The maximum absolute atomic E-state index is 6.20. The van der Waals surface area contributed by atoms with Crippen molar-refractivity contribution in [3.05, 3.63) is 99.3 Å². The summed E-state index contributed by atoms with van der Waals surface area (Å²) in [7, 11) is 0. The third-order valence-corrected chi connectivity index (χ3v) is 5.55. The number of ether oxygens (including phenoxy) is 1. The van der Waals surface area contributed by atoms with Gasteiger partial charge in [0.1, 0.15) is 12.4 Å². The predicted molar refractivity (Wildman–Crippen MR) is 126 cm³/mol. The highest BCUT2D eigenvalue weighted by molar-refractivity contribution is 7.14. The van der Waals surface area contributed by atoms with E-state index < -0.39 is 0 Å². The Kier molecular flexibility index (Phi) is 6.64. The Hall–Kier alpha value is -2.86. The maximum Gasteiger partial charge on any atom is 0.203 e. The van der Waals surface area contributed by atoms with Crippen LogP contribution in [0.4, 0.5) is 5.13 Å². The van der Waals surface area contributed by atoms with Crippen molar-refractivity contribution in [2.24, 2.45) is 5.10 Å². The van der Waals surface area contributed by atoms with Gasteiger partial charge < -0.3 is 4.74 Å². The molecule has 0 spiro atoms. The van der Waals surface area contributed by atoms with Crippen LogP contribution in [-0.2, 0) is 6.61 Å². The van der Waals surface area contributed by atoms with Gasteiger partial charge in [-0.05, 0) is 29.8 Å². The van der Waals surface area contributed by atoms with E-state index in [0.717, 1.165) is 33.3 Å². The van der Waals surface area contributed by atoms with Crippen molar-refractivity contribution in [3.63, 3.8) is 0 Å². The molecule has 0 saturated carbocycles. The number of nitrogens with one attached hydrogen (secondary N) is 1. The van der Waals surface area contributed by atoms with E-state index in [1.54, 1.807) is 18.3 Å². The molecule has 3 aromatic carbocycles. The summed E-state index contributed by atoms with van der Waals surface area (Å²) in [4.78, 5) is 4.55. The topological polar surface area (TPSA) is 46.5 Å². The summed E-state index contributed by atoms with van der Waals surface area (Å²) in [6.07, 6.45) is 1.73. The highest BCUT2D eigenvalue weighted by Crippen LogP contribution is 2.25. The van der Waals surface area contributed by atoms with Gasteiger partial charge in [-0.1, -0.05) is 71.7 Å². The fraction of sp³-hybridized carbons (Fsp3) is 0.0435. The molecule has 1 N–H and O–H groups in total. The van der Waals surface area contributed by atoms with Gasteiger partial charge in [0.15, 0.2) is 0 Å². The molecule has 0 aliphatic heterocycles. The SMILES string of the molecule is Clc1ccc(COc2cccc(/C=N\Nc3nc(-c4ccccc4)cs3)c2)c(Cl)c1. The first-order valence-electron chi connectivity index (χ1n) is 9.14. The molecule has 0 radical (unpaired) electrons. The molecule has 30 heavy (non-hydrogen) atoms. The number of thiazole rings is 1. The van der Waals surface area contributed by atoms with Crippen LogP contribution in [0, 0.1) is 0 Å². The zero-order chi connectivity index (χ0) is 20.8. The van der Waals surface area contributed by atoms with Crippen molar-refractivity contribution in [2.45, 2.75) is 6.61 Å². The molecule has 4 nitrogen and oxygen atoms in total. The second kappa shape index (κ2) is 9.76. The van der Waals surface area contributed by atoms with Gasteiger partial charge >= 0.3 is 0 Å². The largest absolute Gasteiger partial charge is 0.489 e. The number of hydrogen-bond donors (Lipinski definition) is 1. The van der Waals surface area contributed by atoms with Crippen LogP contribution in [0.25, 0.3) is 11.3 Å². The van der Waals surface area contributed by atoms with Crippen molar-refractivity contribution < 1.29 is 4.74 Å². The van der Waals surface area contributed by atoms with Crippen LogP contribution in [0.3, 0.4) is 0 Å².